The van der Waals surface area contributed by atoms with Crippen molar-refractivity contribution in [3.63, 3.8) is 0 Å². The number of hydrogen-bond acceptors (Lipinski definition) is 2. The number of nitrogens with zero attached hydrogens (tertiary/aromatic N) is 1. The summed E-state index contributed by atoms with van der Waals surface area (Å²) in [6.45, 7) is 2.08. The largest absolute Gasteiger partial charge is 0.480 e. The van der Waals surface area contributed by atoms with Gasteiger partial charge in [0.05, 0.1) is 0 Å². The van der Waals surface area contributed by atoms with E-state index < -0.39 is 18.0 Å². The standard InChI is InChI=1S/C14H18Cl2N2O3/c1-3-12(13(19)20)18(2)14(21)17-7-6-9-4-5-10(15)8-11(9)16/h4-5,8,12H,3,6-7H2,1-2H3,(H,17,21)(H,19,20). The predicted molar refractivity (Wildman–Crippen MR) is 83.0 cm³/mol. The summed E-state index contributed by atoms with van der Waals surface area (Å²) < 4.78 is 0. The van der Waals surface area contributed by atoms with E-state index in [2.05, 4.69) is 5.32 Å². The van der Waals surface area contributed by atoms with Crippen molar-refractivity contribution in [1.29, 1.82) is 0 Å². The molecule has 0 bridgehead atoms. The Bertz CT molecular complexity index is 523. The third kappa shape index (κ3) is 5.10. The normalized spacial score (nSPS) is 11.8. The molecule has 0 spiro atoms. The van der Waals surface area contributed by atoms with E-state index >= 15 is 0 Å². The lowest BCUT2D eigenvalue weighted by molar-refractivity contribution is -0.141. The summed E-state index contributed by atoms with van der Waals surface area (Å²) in [5, 5.41) is 12.8. The molecule has 1 unspecified atom stereocenters. The van der Waals surface area contributed by atoms with Crippen LogP contribution in [-0.2, 0) is 11.2 Å². The maximum atomic E-state index is 11.9. The molecule has 0 aliphatic rings. The lowest BCUT2D eigenvalue weighted by Crippen LogP contribution is -2.47. The number of urea groups is 1. The molecule has 21 heavy (non-hydrogen) atoms. The fourth-order valence-electron chi connectivity index (χ4n) is 1.91. The van der Waals surface area contributed by atoms with Crippen LogP contribution in [0.4, 0.5) is 4.79 Å². The third-order valence-electron chi connectivity index (χ3n) is 3.15. The summed E-state index contributed by atoms with van der Waals surface area (Å²) in [7, 11) is 1.47. The average Bonchev–Trinajstić information content (AvgIpc) is 2.41. The number of likely N-dealkylation sites (N-methyl/N-ethyl adjacent to an activating group) is 1. The van der Waals surface area contributed by atoms with Gasteiger partial charge in [-0.25, -0.2) is 9.59 Å². The first-order valence-corrected chi connectivity index (χ1v) is 7.29. The molecule has 0 heterocycles. The van der Waals surface area contributed by atoms with E-state index in [4.69, 9.17) is 28.3 Å². The molecule has 0 aliphatic carbocycles. The molecule has 0 saturated heterocycles. The zero-order valence-electron chi connectivity index (χ0n) is 11.9. The summed E-state index contributed by atoms with van der Waals surface area (Å²) in [6, 6.07) is 3.92. The summed E-state index contributed by atoms with van der Waals surface area (Å²) >= 11 is 11.8. The minimum absolute atomic E-state index is 0.349. The number of amides is 2. The van der Waals surface area contributed by atoms with Gasteiger partial charge in [-0.3, -0.25) is 0 Å². The Balaban J connectivity index is 2.51. The van der Waals surface area contributed by atoms with Gasteiger partial charge < -0.3 is 15.3 Å². The van der Waals surface area contributed by atoms with Gasteiger partial charge in [-0.2, -0.15) is 0 Å². The van der Waals surface area contributed by atoms with Crippen molar-refractivity contribution < 1.29 is 14.7 Å². The SMILES string of the molecule is CCC(C(=O)O)N(C)C(=O)NCCc1ccc(Cl)cc1Cl. The molecule has 116 valence electrons. The van der Waals surface area contributed by atoms with Gasteiger partial charge >= 0.3 is 12.0 Å². The fourth-order valence-corrected chi connectivity index (χ4v) is 2.41. The van der Waals surface area contributed by atoms with Gasteiger partial charge in [-0.1, -0.05) is 36.2 Å². The second kappa shape index (κ2) is 8.10. The van der Waals surface area contributed by atoms with E-state index in [1.165, 1.54) is 11.9 Å². The molecule has 1 atom stereocenters. The van der Waals surface area contributed by atoms with Gasteiger partial charge in [0.25, 0.3) is 0 Å². The van der Waals surface area contributed by atoms with Crippen molar-refractivity contribution in [2.24, 2.45) is 0 Å². The van der Waals surface area contributed by atoms with Crippen molar-refractivity contribution in [2.75, 3.05) is 13.6 Å². The fraction of sp³-hybridized carbons (Fsp3) is 0.429. The number of rotatable bonds is 6. The van der Waals surface area contributed by atoms with Crippen LogP contribution in [0.3, 0.4) is 0 Å². The highest BCUT2D eigenvalue weighted by atomic mass is 35.5. The van der Waals surface area contributed by atoms with Gasteiger partial charge in [-0.05, 0) is 30.5 Å². The van der Waals surface area contributed by atoms with Gasteiger partial charge in [0.2, 0.25) is 0 Å². The van der Waals surface area contributed by atoms with Crippen LogP contribution in [-0.4, -0.2) is 41.6 Å². The number of hydrogen-bond donors (Lipinski definition) is 2. The summed E-state index contributed by atoms with van der Waals surface area (Å²) in [6.07, 6.45) is 0.891. The quantitative estimate of drug-likeness (QED) is 0.841. The van der Waals surface area contributed by atoms with Crippen molar-refractivity contribution in [3.8, 4) is 0 Å². The Morgan fingerprint density at radius 1 is 1.38 bits per heavy atom. The van der Waals surface area contributed by atoms with Crippen molar-refractivity contribution in [3.05, 3.63) is 33.8 Å². The first-order valence-electron chi connectivity index (χ1n) is 6.54. The molecule has 2 amide bonds. The smallest absolute Gasteiger partial charge is 0.326 e. The van der Waals surface area contributed by atoms with E-state index in [1.54, 1.807) is 25.1 Å². The molecule has 2 N–H and O–H groups in total. The molecule has 0 fully saturated rings. The Kier molecular flexibility index (Phi) is 6.78. The topological polar surface area (TPSA) is 69.6 Å². The number of halogens is 2. The number of aliphatic carboxylic acids is 1. The third-order valence-corrected chi connectivity index (χ3v) is 3.73. The summed E-state index contributed by atoms with van der Waals surface area (Å²) in [5.74, 6) is -1.02. The monoisotopic (exact) mass is 332 g/mol. The number of nitrogens with one attached hydrogen (secondary N) is 1. The highest BCUT2D eigenvalue weighted by Gasteiger charge is 2.24. The number of carboxylic acid groups (broad SMARTS) is 1. The van der Waals surface area contributed by atoms with E-state index in [0.29, 0.717) is 29.4 Å². The Morgan fingerprint density at radius 3 is 2.57 bits per heavy atom. The van der Waals surface area contributed by atoms with E-state index in [1.807, 2.05) is 0 Å². The Hall–Kier alpha value is -1.46. The van der Waals surface area contributed by atoms with Crippen LogP contribution in [0.15, 0.2) is 18.2 Å². The molecular weight excluding hydrogens is 315 g/mol. The zero-order valence-corrected chi connectivity index (χ0v) is 13.4. The molecule has 0 aromatic heterocycles. The van der Waals surface area contributed by atoms with Crippen LogP contribution in [0, 0.1) is 0 Å². The van der Waals surface area contributed by atoms with Crippen LogP contribution in [0.25, 0.3) is 0 Å². The van der Waals surface area contributed by atoms with E-state index in [9.17, 15) is 9.59 Å². The van der Waals surface area contributed by atoms with Gasteiger partial charge in [0.15, 0.2) is 0 Å². The molecule has 5 nitrogen and oxygen atoms in total. The molecule has 0 saturated carbocycles. The van der Waals surface area contributed by atoms with Gasteiger partial charge in [0, 0.05) is 23.6 Å². The molecule has 0 aliphatic heterocycles. The zero-order chi connectivity index (χ0) is 16.0. The second-order valence-electron chi connectivity index (χ2n) is 4.59. The molecule has 1 aromatic rings. The van der Waals surface area contributed by atoms with Gasteiger partial charge in [0.1, 0.15) is 6.04 Å². The molecule has 7 heteroatoms. The molecule has 1 rings (SSSR count). The molecule has 1 aromatic carbocycles. The first kappa shape index (κ1) is 17.6. The molecular formula is C14H18Cl2N2O3. The lowest BCUT2D eigenvalue weighted by Gasteiger charge is -2.24. The maximum absolute atomic E-state index is 11.9. The number of carboxylic acids is 1. The minimum Gasteiger partial charge on any atom is -0.480 e. The van der Waals surface area contributed by atoms with Crippen molar-refractivity contribution in [2.45, 2.75) is 25.8 Å². The highest BCUT2D eigenvalue weighted by Crippen LogP contribution is 2.21. The summed E-state index contributed by atoms with van der Waals surface area (Å²) in [5.41, 5.74) is 0.870. The van der Waals surface area contributed by atoms with E-state index in [-0.39, 0.29) is 0 Å². The van der Waals surface area contributed by atoms with Crippen LogP contribution < -0.4 is 5.32 Å². The van der Waals surface area contributed by atoms with Crippen LogP contribution in [0.2, 0.25) is 10.0 Å². The van der Waals surface area contributed by atoms with E-state index in [0.717, 1.165) is 5.56 Å². The number of carbonyl (C=O) groups excluding carboxylic acids is 1. The van der Waals surface area contributed by atoms with Crippen LogP contribution in [0.5, 0.6) is 0 Å². The van der Waals surface area contributed by atoms with Crippen LogP contribution >= 0.6 is 23.2 Å². The number of carbonyl (C=O) groups is 2. The lowest BCUT2D eigenvalue weighted by atomic mass is 10.1. The Labute approximate surface area is 133 Å². The first-order chi connectivity index (χ1) is 9.86. The van der Waals surface area contributed by atoms with Crippen LogP contribution in [0.1, 0.15) is 18.9 Å². The minimum atomic E-state index is -1.02. The van der Waals surface area contributed by atoms with Crippen molar-refractivity contribution >= 4 is 35.2 Å². The maximum Gasteiger partial charge on any atom is 0.326 e. The summed E-state index contributed by atoms with van der Waals surface area (Å²) in [4.78, 5) is 24.1. The van der Waals surface area contributed by atoms with Gasteiger partial charge in [-0.15, -0.1) is 0 Å². The number of benzene rings is 1. The predicted octanol–water partition coefficient (Wildman–Crippen LogP) is 3.04. The highest BCUT2D eigenvalue weighted by molar-refractivity contribution is 6.35. The molecule has 0 radical (unpaired) electrons. The van der Waals surface area contributed by atoms with Crippen molar-refractivity contribution in [1.82, 2.24) is 10.2 Å². The average molecular weight is 333 g/mol. The second-order valence-corrected chi connectivity index (χ2v) is 5.43. The Morgan fingerprint density at radius 2 is 2.05 bits per heavy atom.